The molecule has 0 bridgehead atoms. The van der Waals surface area contributed by atoms with E-state index in [1.807, 2.05) is 24.3 Å². The third-order valence-corrected chi connectivity index (χ3v) is 3.55. The number of benzene rings is 1. The molecule has 0 radical (unpaired) electrons. The number of fused-ring (bicyclic) bond motifs is 2. The van der Waals surface area contributed by atoms with Crippen LogP contribution in [0, 0.1) is 0 Å². The van der Waals surface area contributed by atoms with Crippen LogP contribution < -0.4 is 5.32 Å². The summed E-state index contributed by atoms with van der Waals surface area (Å²) >= 11 is 0. The molecule has 1 aliphatic carbocycles. The Labute approximate surface area is 112 Å². The summed E-state index contributed by atoms with van der Waals surface area (Å²) in [5.74, 6) is -0.0170. The van der Waals surface area contributed by atoms with Crippen molar-refractivity contribution in [2.45, 2.75) is 19.3 Å². The fourth-order valence-electron chi connectivity index (χ4n) is 2.72. The second-order valence-electron chi connectivity index (χ2n) is 4.78. The van der Waals surface area contributed by atoms with Crippen molar-refractivity contribution in [1.29, 1.82) is 0 Å². The lowest BCUT2D eigenvalue weighted by atomic mass is 10.0. The van der Waals surface area contributed by atoms with Gasteiger partial charge in [0.1, 0.15) is 0 Å². The smallest absolute Gasteiger partial charge is 0.252 e. The summed E-state index contributed by atoms with van der Waals surface area (Å²) in [4.78, 5) is 17.1. The van der Waals surface area contributed by atoms with Gasteiger partial charge in [0.15, 0.2) is 0 Å². The van der Waals surface area contributed by atoms with Crippen molar-refractivity contribution in [3.63, 3.8) is 0 Å². The van der Waals surface area contributed by atoms with E-state index in [1.165, 1.54) is 0 Å². The predicted molar refractivity (Wildman–Crippen MR) is 76.3 cm³/mol. The van der Waals surface area contributed by atoms with Crippen LogP contribution in [-0.4, -0.2) is 17.4 Å². The number of nitrogens with one attached hydrogen (secondary N) is 1. The van der Waals surface area contributed by atoms with Gasteiger partial charge in [-0.15, -0.1) is 6.58 Å². The Morgan fingerprint density at radius 2 is 2.21 bits per heavy atom. The molecule has 0 saturated heterocycles. The van der Waals surface area contributed by atoms with Gasteiger partial charge >= 0.3 is 0 Å². The standard InChI is InChI=1S/C16H16N2O/c1-2-10-17-16(19)15-11-6-3-4-8-13(11)18-14-9-5-7-12(14)15/h2-4,6,8H,1,5,7,9-10H2,(H,17,19). The van der Waals surface area contributed by atoms with E-state index in [0.29, 0.717) is 6.54 Å². The number of hydrogen-bond donors (Lipinski definition) is 1. The quantitative estimate of drug-likeness (QED) is 0.853. The molecule has 0 atom stereocenters. The summed E-state index contributed by atoms with van der Waals surface area (Å²) < 4.78 is 0. The number of carbonyl (C=O) groups excluding carboxylic acids is 1. The minimum absolute atomic E-state index is 0.0170. The van der Waals surface area contributed by atoms with Crippen LogP contribution in [0.25, 0.3) is 10.9 Å². The molecule has 0 unspecified atom stereocenters. The molecule has 1 aromatic heterocycles. The molecule has 3 rings (SSSR count). The molecular weight excluding hydrogens is 236 g/mol. The largest absolute Gasteiger partial charge is 0.349 e. The highest BCUT2D eigenvalue weighted by Gasteiger charge is 2.23. The minimum atomic E-state index is -0.0170. The minimum Gasteiger partial charge on any atom is -0.349 e. The zero-order chi connectivity index (χ0) is 13.2. The number of carbonyl (C=O) groups is 1. The highest BCUT2D eigenvalue weighted by Crippen LogP contribution is 2.29. The van der Waals surface area contributed by atoms with Gasteiger partial charge in [0.05, 0.1) is 11.1 Å². The van der Waals surface area contributed by atoms with Gasteiger partial charge in [-0.1, -0.05) is 24.3 Å². The SMILES string of the molecule is C=CCNC(=O)c1c2c(nc3ccccc13)CCC2. The van der Waals surface area contributed by atoms with Crippen LogP contribution in [-0.2, 0) is 12.8 Å². The molecule has 0 saturated carbocycles. The molecule has 0 fully saturated rings. The molecule has 3 nitrogen and oxygen atoms in total. The van der Waals surface area contributed by atoms with Crippen molar-refractivity contribution in [2.75, 3.05) is 6.54 Å². The van der Waals surface area contributed by atoms with E-state index in [9.17, 15) is 4.79 Å². The van der Waals surface area contributed by atoms with Gasteiger partial charge in [0, 0.05) is 17.6 Å². The Morgan fingerprint density at radius 1 is 1.37 bits per heavy atom. The van der Waals surface area contributed by atoms with Gasteiger partial charge in [0.25, 0.3) is 5.91 Å². The number of para-hydroxylation sites is 1. The first-order chi connectivity index (χ1) is 9.31. The Bertz CT molecular complexity index is 661. The number of aryl methyl sites for hydroxylation is 1. The molecule has 1 aromatic carbocycles. The molecule has 1 aliphatic rings. The van der Waals surface area contributed by atoms with Crippen molar-refractivity contribution in [3.8, 4) is 0 Å². The number of amides is 1. The average molecular weight is 252 g/mol. The molecule has 1 N–H and O–H groups in total. The maximum absolute atomic E-state index is 12.4. The van der Waals surface area contributed by atoms with Gasteiger partial charge in [-0.05, 0) is 30.9 Å². The Morgan fingerprint density at radius 3 is 3.05 bits per heavy atom. The van der Waals surface area contributed by atoms with Gasteiger partial charge in [-0.2, -0.15) is 0 Å². The van der Waals surface area contributed by atoms with Crippen LogP contribution in [0.2, 0.25) is 0 Å². The number of nitrogens with zero attached hydrogens (tertiary/aromatic N) is 1. The van der Waals surface area contributed by atoms with Crippen LogP contribution in [0.15, 0.2) is 36.9 Å². The van der Waals surface area contributed by atoms with E-state index in [1.54, 1.807) is 6.08 Å². The number of aromatic nitrogens is 1. The zero-order valence-corrected chi connectivity index (χ0v) is 10.8. The molecular formula is C16H16N2O. The second kappa shape index (κ2) is 4.84. The highest BCUT2D eigenvalue weighted by atomic mass is 16.1. The Hall–Kier alpha value is -2.16. The zero-order valence-electron chi connectivity index (χ0n) is 10.8. The summed E-state index contributed by atoms with van der Waals surface area (Å²) in [7, 11) is 0. The number of pyridine rings is 1. The average Bonchev–Trinajstić information content (AvgIpc) is 2.89. The van der Waals surface area contributed by atoms with Gasteiger partial charge < -0.3 is 5.32 Å². The van der Waals surface area contributed by atoms with Crippen LogP contribution in [0.3, 0.4) is 0 Å². The summed E-state index contributed by atoms with van der Waals surface area (Å²) in [6, 6.07) is 7.86. The van der Waals surface area contributed by atoms with E-state index in [-0.39, 0.29) is 5.91 Å². The van der Waals surface area contributed by atoms with Crippen molar-refractivity contribution in [2.24, 2.45) is 0 Å². The van der Waals surface area contributed by atoms with E-state index in [0.717, 1.165) is 47.0 Å². The summed E-state index contributed by atoms with van der Waals surface area (Å²) in [5.41, 5.74) is 3.93. The molecule has 1 amide bonds. The lowest BCUT2D eigenvalue weighted by Crippen LogP contribution is -2.25. The highest BCUT2D eigenvalue weighted by molar-refractivity contribution is 6.07. The van der Waals surface area contributed by atoms with Crippen LogP contribution in [0.5, 0.6) is 0 Å². The fraction of sp³-hybridized carbons (Fsp3) is 0.250. The van der Waals surface area contributed by atoms with E-state index < -0.39 is 0 Å². The van der Waals surface area contributed by atoms with E-state index in [2.05, 4.69) is 16.9 Å². The normalized spacial score (nSPS) is 13.3. The Balaban J connectivity index is 2.20. The molecule has 2 aromatic rings. The number of hydrogen-bond acceptors (Lipinski definition) is 2. The Kier molecular flexibility index (Phi) is 3.03. The van der Waals surface area contributed by atoms with Gasteiger partial charge in [-0.25, -0.2) is 0 Å². The van der Waals surface area contributed by atoms with Crippen molar-refractivity contribution in [3.05, 3.63) is 53.7 Å². The molecule has 0 aliphatic heterocycles. The number of rotatable bonds is 3. The first-order valence-corrected chi connectivity index (χ1v) is 6.61. The third kappa shape index (κ3) is 2.01. The van der Waals surface area contributed by atoms with E-state index >= 15 is 0 Å². The summed E-state index contributed by atoms with van der Waals surface area (Å²) in [6.07, 6.45) is 4.70. The first-order valence-electron chi connectivity index (χ1n) is 6.61. The molecule has 0 spiro atoms. The second-order valence-corrected chi connectivity index (χ2v) is 4.78. The summed E-state index contributed by atoms with van der Waals surface area (Å²) in [6.45, 7) is 4.12. The molecule has 19 heavy (non-hydrogen) atoms. The lowest BCUT2D eigenvalue weighted by Gasteiger charge is -2.11. The monoisotopic (exact) mass is 252 g/mol. The van der Waals surface area contributed by atoms with Gasteiger partial charge in [-0.3, -0.25) is 9.78 Å². The van der Waals surface area contributed by atoms with Crippen molar-refractivity contribution in [1.82, 2.24) is 10.3 Å². The van der Waals surface area contributed by atoms with Crippen LogP contribution in [0.4, 0.5) is 0 Å². The van der Waals surface area contributed by atoms with E-state index in [4.69, 9.17) is 0 Å². The van der Waals surface area contributed by atoms with Crippen LogP contribution >= 0.6 is 0 Å². The first kappa shape index (κ1) is 11.9. The maximum Gasteiger partial charge on any atom is 0.252 e. The lowest BCUT2D eigenvalue weighted by molar-refractivity contribution is 0.0958. The fourth-order valence-corrected chi connectivity index (χ4v) is 2.72. The summed E-state index contributed by atoms with van der Waals surface area (Å²) in [5, 5.41) is 3.83. The topological polar surface area (TPSA) is 42.0 Å². The molecule has 3 heteroatoms. The van der Waals surface area contributed by atoms with Gasteiger partial charge in [0.2, 0.25) is 0 Å². The molecule has 96 valence electrons. The maximum atomic E-state index is 12.4. The molecule has 1 heterocycles. The van der Waals surface area contributed by atoms with Crippen molar-refractivity contribution < 1.29 is 4.79 Å². The predicted octanol–water partition coefficient (Wildman–Crippen LogP) is 2.64. The van der Waals surface area contributed by atoms with Crippen LogP contribution in [0.1, 0.15) is 28.0 Å². The third-order valence-electron chi connectivity index (χ3n) is 3.55. The van der Waals surface area contributed by atoms with Crippen molar-refractivity contribution >= 4 is 16.8 Å².